The normalized spacial score (nSPS) is 39.8. The van der Waals surface area contributed by atoms with Gasteiger partial charge in [0.25, 0.3) is 0 Å². The Labute approximate surface area is 336 Å². The second-order valence-corrected chi connectivity index (χ2v) is 23.0. The van der Waals surface area contributed by atoms with E-state index in [9.17, 15) is 0 Å². The Bertz CT molecular complexity index is 1470. The Morgan fingerprint density at radius 2 is 1.08 bits per heavy atom. The molecule has 3 atom stereocenters. The predicted octanol–water partition coefficient (Wildman–Crippen LogP) is 11.5. The number of benzene rings is 1. The van der Waals surface area contributed by atoms with Gasteiger partial charge in [0.1, 0.15) is 0 Å². The van der Waals surface area contributed by atoms with Crippen molar-refractivity contribution in [2.75, 3.05) is 13.1 Å². The summed E-state index contributed by atoms with van der Waals surface area (Å²) in [5.74, 6) is 8.56. The summed E-state index contributed by atoms with van der Waals surface area (Å²) < 4.78 is 0. The molecule has 3 unspecified atom stereocenters. The minimum Gasteiger partial charge on any atom is -0.748 e. The van der Waals surface area contributed by atoms with Crippen LogP contribution in [-0.2, 0) is 28.4 Å². The first kappa shape index (κ1) is 37.8. The molecule has 3 aromatic carbocycles. The molecule has 0 aromatic heterocycles. The van der Waals surface area contributed by atoms with E-state index in [1.165, 1.54) is 68.9 Å². The maximum Gasteiger partial charge on any atom is 0.0108 e. The van der Waals surface area contributed by atoms with Crippen molar-refractivity contribution in [2.24, 2.45) is 47.3 Å². The molecule has 2 N–H and O–H groups in total. The first-order valence-corrected chi connectivity index (χ1v) is 24.4. The summed E-state index contributed by atoms with van der Waals surface area (Å²) in [6.45, 7) is 2.37. The van der Waals surface area contributed by atoms with Crippen LogP contribution in [-0.4, -0.2) is 36.5 Å². The molecule has 8 saturated carbocycles. The second-order valence-electron chi connectivity index (χ2n) is 19.5. The van der Waals surface area contributed by atoms with Crippen LogP contribution >= 0.6 is 17.2 Å². The fourth-order valence-electron chi connectivity index (χ4n) is 14.8. The van der Waals surface area contributed by atoms with E-state index in [2.05, 4.69) is 62.3 Å². The molecule has 13 rings (SSSR count). The van der Waals surface area contributed by atoms with E-state index in [1.807, 2.05) is 30.3 Å². The van der Waals surface area contributed by atoms with E-state index >= 15 is 0 Å². The van der Waals surface area contributed by atoms with Crippen molar-refractivity contribution in [3.05, 3.63) is 83.9 Å². The van der Waals surface area contributed by atoms with Gasteiger partial charge < -0.3 is 41.0 Å². The van der Waals surface area contributed by atoms with Crippen LogP contribution in [0.1, 0.15) is 114 Å². The fraction of sp³-hybridized carbons (Fsp3) is 0.667. The average Bonchev–Trinajstić information content (AvgIpc) is 3.90. The van der Waals surface area contributed by atoms with E-state index < -0.39 is 0 Å². The van der Waals surface area contributed by atoms with Gasteiger partial charge in [-0.05, 0) is 173 Å². The molecule has 2 saturated heterocycles. The number of piperidine rings is 2. The van der Waals surface area contributed by atoms with Crippen LogP contribution in [0.25, 0.3) is 11.1 Å². The maximum absolute atomic E-state index is 4.14. The Hall–Kier alpha value is -0.781. The Balaban J connectivity index is 0.000000576. The largest absolute Gasteiger partial charge is 0.748 e. The van der Waals surface area contributed by atoms with E-state index in [1.54, 1.807) is 75.3 Å². The van der Waals surface area contributed by atoms with E-state index in [4.69, 9.17) is 0 Å². The van der Waals surface area contributed by atoms with Gasteiger partial charge in [0.2, 0.25) is 0 Å². The molecule has 10 fully saturated rings. The molecule has 5 heteroatoms. The van der Waals surface area contributed by atoms with Gasteiger partial charge in [0.05, 0.1) is 0 Å². The molecule has 0 amide bonds. The van der Waals surface area contributed by atoms with Gasteiger partial charge in [-0.3, -0.25) is 0 Å². The summed E-state index contributed by atoms with van der Waals surface area (Å²) in [7, 11) is 3.58. The molecule has 8 bridgehead atoms. The summed E-state index contributed by atoms with van der Waals surface area (Å²) in [6, 6.07) is 28.0. The van der Waals surface area contributed by atoms with Gasteiger partial charge in [-0.1, -0.05) is 56.7 Å². The molecular formula is C48H66FeN2P2-6. The van der Waals surface area contributed by atoms with E-state index in [0.29, 0.717) is 12.1 Å². The smallest absolute Gasteiger partial charge is 0.0108 e. The Morgan fingerprint density at radius 1 is 0.623 bits per heavy atom. The van der Waals surface area contributed by atoms with Crippen molar-refractivity contribution in [1.82, 2.24) is 10.6 Å². The first-order valence-electron chi connectivity index (χ1n) is 22.1. The van der Waals surface area contributed by atoms with Gasteiger partial charge in [-0.2, -0.15) is 17.2 Å². The summed E-state index contributed by atoms with van der Waals surface area (Å²) >= 11 is 0. The topological polar surface area (TPSA) is 24.1 Å². The summed E-state index contributed by atoms with van der Waals surface area (Å²) in [4.78, 5) is 0. The predicted molar refractivity (Wildman–Crippen MR) is 224 cm³/mol. The molecule has 0 spiro atoms. The molecule has 0 radical (unpaired) electrons. The van der Waals surface area contributed by atoms with Crippen molar-refractivity contribution in [3.8, 4) is 11.1 Å². The van der Waals surface area contributed by atoms with Crippen molar-refractivity contribution in [2.45, 2.75) is 137 Å². The van der Waals surface area contributed by atoms with Crippen LogP contribution in [0.5, 0.6) is 0 Å². The third-order valence-electron chi connectivity index (χ3n) is 16.4. The zero-order valence-electron chi connectivity index (χ0n) is 32.2. The van der Waals surface area contributed by atoms with Crippen molar-refractivity contribution < 1.29 is 17.1 Å². The number of rotatable bonds is 8. The van der Waals surface area contributed by atoms with Gasteiger partial charge in [0.15, 0.2) is 0 Å². The molecule has 10 aliphatic rings. The van der Waals surface area contributed by atoms with Crippen LogP contribution < -0.4 is 10.6 Å². The number of hydrogen-bond acceptors (Lipinski definition) is 2. The first-order chi connectivity index (χ1) is 25.6. The molecule has 292 valence electrons. The summed E-state index contributed by atoms with van der Waals surface area (Å²) in [5.41, 5.74) is 8.55. The van der Waals surface area contributed by atoms with Crippen molar-refractivity contribution in [1.29, 1.82) is 0 Å². The second kappa shape index (κ2) is 16.2. The van der Waals surface area contributed by atoms with Crippen molar-refractivity contribution >= 4 is 17.2 Å². The fourth-order valence-corrected chi connectivity index (χ4v) is 20.3. The van der Waals surface area contributed by atoms with E-state index in [-0.39, 0.29) is 30.1 Å². The quantitative estimate of drug-likeness (QED) is 0.135. The standard InChI is InChI=1S/C43H61N2P2.C5H5.Fe/c46-43(39-10-4-6-12-44-39,40-11-5-7-13-45-40)38-25-32(31-8-2-1-3-9-31)24-37(38)26-47(41-33-16-27-14-28(18-33)19-34(41)17-27)42-35-20-29-15-30(22-35)23-36(42)21-29;1-2-4-5-3-1;/h1-3,8-9,24-25,27-30,33-36,39-42,44-45H,4-7,10-23,26,46H2;1-5H;/q-1;-5;. The molecule has 2 nitrogen and oxygen atoms in total. The minimum atomic E-state index is -0.0406. The molecular weight excluding hydrogens is 722 g/mol. The number of hydrogen-bond donors (Lipinski definition) is 2. The molecule has 2 heterocycles. The SMILES string of the molecule is PC([c-]1cc(-c2ccccc2)cc1CP(C1C2CC3CC(C2)CC1C3)C1C2CC3CC(C2)CC1C3)(C1CCCCN1)C1CCCCN1.[Fe].[cH-]1[cH-][cH-][cH-][cH-]1. The van der Waals surface area contributed by atoms with Gasteiger partial charge in [-0.15, -0.1) is 14.8 Å². The minimum absolute atomic E-state index is 0. The van der Waals surface area contributed by atoms with Crippen LogP contribution in [0, 0.1) is 47.3 Å². The van der Waals surface area contributed by atoms with Gasteiger partial charge in [-0.25, -0.2) is 6.07 Å². The van der Waals surface area contributed by atoms with Crippen molar-refractivity contribution in [3.63, 3.8) is 0 Å². The average molecular weight is 789 g/mol. The third-order valence-corrected chi connectivity index (χ3v) is 21.4. The Kier molecular flexibility index (Phi) is 11.6. The molecule has 3 aromatic rings. The zero-order chi connectivity index (χ0) is 34.6. The van der Waals surface area contributed by atoms with Crippen LogP contribution in [0.3, 0.4) is 0 Å². The third kappa shape index (κ3) is 7.32. The zero-order valence-corrected chi connectivity index (χ0v) is 35.3. The van der Waals surface area contributed by atoms with Gasteiger partial charge in [0, 0.05) is 29.2 Å². The molecule has 8 aliphatic carbocycles. The van der Waals surface area contributed by atoms with Crippen LogP contribution in [0.4, 0.5) is 0 Å². The maximum atomic E-state index is 4.14. The number of nitrogens with one attached hydrogen (secondary N) is 2. The molecule has 53 heavy (non-hydrogen) atoms. The summed E-state index contributed by atoms with van der Waals surface area (Å²) in [6.07, 6.45) is 25.4. The van der Waals surface area contributed by atoms with Crippen LogP contribution in [0.15, 0.2) is 72.8 Å². The molecule has 2 aliphatic heterocycles. The van der Waals surface area contributed by atoms with Gasteiger partial charge >= 0.3 is 0 Å². The Morgan fingerprint density at radius 3 is 1.49 bits per heavy atom. The van der Waals surface area contributed by atoms with Crippen LogP contribution in [0.2, 0.25) is 0 Å². The monoisotopic (exact) mass is 788 g/mol. The summed E-state index contributed by atoms with van der Waals surface area (Å²) in [5, 5.41) is 8.33. The van der Waals surface area contributed by atoms with E-state index in [0.717, 1.165) is 58.7 Å².